The Labute approximate surface area is 232 Å². The molecule has 40 heavy (non-hydrogen) atoms. The SMILES string of the molecule is NC(=O)C(CCC=O)N1C(=O)c2ccc(NCCOCCOCCOCCOCCOCCC(=O)O)cc2C1=O. The summed E-state index contributed by atoms with van der Waals surface area (Å²) in [4.78, 5) is 59.2. The first kappa shape index (κ1) is 32.8. The third-order valence-electron chi connectivity index (χ3n) is 5.64. The van der Waals surface area contributed by atoms with Gasteiger partial charge in [-0.3, -0.25) is 24.1 Å². The van der Waals surface area contributed by atoms with Gasteiger partial charge < -0.3 is 44.6 Å². The van der Waals surface area contributed by atoms with Gasteiger partial charge in [0.05, 0.1) is 83.6 Å². The fourth-order valence-electron chi connectivity index (χ4n) is 3.69. The lowest BCUT2D eigenvalue weighted by Gasteiger charge is -2.22. The van der Waals surface area contributed by atoms with E-state index in [9.17, 15) is 24.0 Å². The van der Waals surface area contributed by atoms with Gasteiger partial charge in [-0.05, 0) is 24.6 Å². The minimum atomic E-state index is -1.18. The fraction of sp³-hybridized carbons (Fsp3) is 0.577. The summed E-state index contributed by atoms with van der Waals surface area (Å²) >= 11 is 0. The number of carboxylic acid groups (broad SMARTS) is 1. The number of anilines is 1. The highest BCUT2D eigenvalue weighted by Crippen LogP contribution is 2.28. The van der Waals surface area contributed by atoms with Crippen molar-refractivity contribution in [3.63, 3.8) is 0 Å². The highest BCUT2D eigenvalue weighted by molar-refractivity contribution is 6.23. The number of ether oxygens (including phenoxy) is 5. The monoisotopic (exact) mass is 567 g/mol. The maximum atomic E-state index is 12.8. The molecular formula is C26H37N3O11. The summed E-state index contributed by atoms with van der Waals surface area (Å²) < 4.78 is 26.7. The van der Waals surface area contributed by atoms with E-state index in [-0.39, 0.29) is 37.0 Å². The van der Waals surface area contributed by atoms with Crippen LogP contribution in [0.4, 0.5) is 5.69 Å². The van der Waals surface area contributed by atoms with Crippen molar-refractivity contribution in [1.29, 1.82) is 0 Å². The van der Waals surface area contributed by atoms with Gasteiger partial charge in [-0.25, -0.2) is 0 Å². The number of carbonyl (C=O) groups excluding carboxylic acids is 4. The lowest BCUT2D eigenvalue weighted by atomic mass is 10.1. The van der Waals surface area contributed by atoms with Crippen LogP contribution in [0, 0.1) is 0 Å². The summed E-state index contributed by atoms with van der Waals surface area (Å²) in [6.45, 7) is 4.10. The second-order valence-electron chi connectivity index (χ2n) is 8.54. The number of primary amides is 1. The number of carbonyl (C=O) groups is 5. The minimum absolute atomic E-state index is 0.000520. The van der Waals surface area contributed by atoms with Crippen molar-refractivity contribution in [3.05, 3.63) is 29.3 Å². The van der Waals surface area contributed by atoms with E-state index in [1.807, 2.05) is 0 Å². The van der Waals surface area contributed by atoms with Crippen LogP contribution in [-0.4, -0.2) is 119 Å². The van der Waals surface area contributed by atoms with E-state index in [0.717, 1.165) is 4.90 Å². The van der Waals surface area contributed by atoms with Crippen molar-refractivity contribution in [2.45, 2.75) is 25.3 Å². The molecule has 0 bridgehead atoms. The second kappa shape index (κ2) is 18.8. The first-order valence-corrected chi connectivity index (χ1v) is 13.0. The molecule has 3 amide bonds. The Morgan fingerprint density at radius 1 is 0.850 bits per heavy atom. The quantitative estimate of drug-likeness (QED) is 0.0867. The molecule has 1 atom stereocenters. The molecule has 0 aliphatic carbocycles. The number of amides is 3. The molecule has 1 unspecified atom stereocenters. The third-order valence-corrected chi connectivity index (χ3v) is 5.64. The smallest absolute Gasteiger partial charge is 0.305 e. The largest absolute Gasteiger partial charge is 0.481 e. The van der Waals surface area contributed by atoms with Crippen molar-refractivity contribution in [2.75, 3.05) is 77.9 Å². The Balaban J connectivity index is 1.52. The van der Waals surface area contributed by atoms with Crippen LogP contribution in [0.1, 0.15) is 40.0 Å². The number of benzene rings is 1. The third kappa shape index (κ3) is 11.4. The minimum Gasteiger partial charge on any atom is -0.481 e. The number of imide groups is 1. The Kier molecular flexibility index (Phi) is 15.4. The van der Waals surface area contributed by atoms with Crippen LogP contribution < -0.4 is 11.1 Å². The van der Waals surface area contributed by atoms with E-state index in [0.29, 0.717) is 78.0 Å². The molecule has 0 radical (unpaired) electrons. The number of nitrogens with one attached hydrogen (secondary N) is 1. The fourth-order valence-corrected chi connectivity index (χ4v) is 3.69. The molecule has 0 fully saturated rings. The summed E-state index contributed by atoms with van der Waals surface area (Å²) in [6.07, 6.45) is 0.558. The number of fused-ring (bicyclic) bond motifs is 1. The van der Waals surface area contributed by atoms with Gasteiger partial charge in [0.25, 0.3) is 11.8 Å². The van der Waals surface area contributed by atoms with Crippen molar-refractivity contribution >= 4 is 35.7 Å². The standard InChI is InChI=1S/C26H37N3O11/c27-24(33)22(2-1-7-30)29-25(34)20-4-3-19(18-21(20)26(29)35)28-6-9-37-11-13-39-15-17-40-16-14-38-12-10-36-8-5-23(31)32/h3-4,7,18,22,28H,1-2,5-6,8-17H2,(H2,27,33)(H,31,32). The molecular weight excluding hydrogens is 530 g/mol. The van der Waals surface area contributed by atoms with Crippen LogP contribution in [0.2, 0.25) is 0 Å². The van der Waals surface area contributed by atoms with Gasteiger partial charge in [0.15, 0.2) is 0 Å². The number of hydrogen-bond donors (Lipinski definition) is 3. The van der Waals surface area contributed by atoms with E-state index < -0.39 is 29.7 Å². The number of aliphatic carboxylic acids is 1. The molecule has 4 N–H and O–H groups in total. The van der Waals surface area contributed by atoms with Crippen LogP contribution in [0.3, 0.4) is 0 Å². The summed E-state index contributed by atoms with van der Waals surface area (Å²) in [6, 6.07) is 3.53. The Bertz CT molecular complexity index is 989. The molecule has 1 aliphatic heterocycles. The lowest BCUT2D eigenvalue weighted by Crippen LogP contribution is -2.47. The van der Waals surface area contributed by atoms with Crippen LogP contribution in [0.25, 0.3) is 0 Å². The Hall–Kier alpha value is -3.43. The highest BCUT2D eigenvalue weighted by atomic mass is 16.6. The molecule has 2 rings (SSSR count). The number of carboxylic acids is 1. The Morgan fingerprint density at radius 3 is 1.90 bits per heavy atom. The maximum absolute atomic E-state index is 12.8. The number of aldehydes is 1. The van der Waals surface area contributed by atoms with Gasteiger partial charge in [0.2, 0.25) is 5.91 Å². The number of nitrogens with two attached hydrogens (primary N) is 1. The molecule has 222 valence electrons. The topological polar surface area (TPSA) is 193 Å². The molecule has 1 aliphatic rings. The van der Waals surface area contributed by atoms with Gasteiger partial charge in [-0.15, -0.1) is 0 Å². The predicted octanol–water partition coefficient (Wildman–Crippen LogP) is 0.0852. The van der Waals surface area contributed by atoms with E-state index >= 15 is 0 Å². The summed E-state index contributed by atoms with van der Waals surface area (Å²) in [5, 5.41) is 11.6. The summed E-state index contributed by atoms with van der Waals surface area (Å²) in [5.41, 5.74) is 6.32. The van der Waals surface area contributed by atoms with E-state index in [4.69, 9.17) is 34.5 Å². The van der Waals surface area contributed by atoms with E-state index in [1.165, 1.54) is 12.1 Å². The van der Waals surface area contributed by atoms with Crippen molar-refractivity contribution in [3.8, 4) is 0 Å². The molecule has 0 aromatic heterocycles. The second-order valence-corrected chi connectivity index (χ2v) is 8.54. The van der Waals surface area contributed by atoms with Gasteiger partial charge in [0, 0.05) is 18.7 Å². The molecule has 0 saturated carbocycles. The zero-order chi connectivity index (χ0) is 29.2. The van der Waals surface area contributed by atoms with Crippen molar-refractivity contribution < 1.29 is 52.8 Å². The molecule has 0 spiro atoms. The summed E-state index contributed by atoms with van der Waals surface area (Å²) in [7, 11) is 0. The molecule has 1 aromatic carbocycles. The van der Waals surface area contributed by atoms with Crippen molar-refractivity contribution in [2.24, 2.45) is 5.73 Å². The normalized spacial score (nSPS) is 13.3. The van der Waals surface area contributed by atoms with Gasteiger partial charge in [0.1, 0.15) is 12.3 Å². The molecule has 1 aromatic rings. The number of hydrogen-bond acceptors (Lipinski definition) is 11. The van der Waals surface area contributed by atoms with Crippen LogP contribution in [0.15, 0.2) is 18.2 Å². The molecule has 0 saturated heterocycles. The Morgan fingerprint density at radius 2 is 1.38 bits per heavy atom. The number of rotatable bonds is 24. The zero-order valence-electron chi connectivity index (χ0n) is 22.3. The highest BCUT2D eigenvalue weighted by Gasteiger charge is 2.42. The summed E-state index contributed by atoms with van der Waals surface area (Å²) in [5.74, 6) is -2.97. The van der Waals surface area contributed by atoms with Crippen LogP contribution in [-0.2, 0) is 38.1 Å². The average molecular weight is 568 g/mol. The van der Waals surface area contributed by atoms with Gasteiger partial charge >= 0.3 is 5.97 Å². The first-order valence-electron chi connectivity index (χ1n) is 13.0. The molecule has 1 heterocycles. The van der Waals surface area contributed by atoms with E-state index in [1.54, 1.807) is 6.07 Å². The van der Waals surface area contributed by atoms with Crippen molar-refractivity contribution in [1.82, 2.24) is 4.90 Å². The average Bonchev–Trinajstić information content (AvgIpc) is 3.17. The predicted molar refractivity (Wildman–Crippen MR) is 140 cm³/mol. The number of nitrogens with zero attached hydrogens (tertiary/aromatic N) is 1. The molecule has 14 nitrogen and oxygen atoms in total. The van der Waals surface area contributed by atoms with Crippen LogP contribution in [0.5, 0.6) is 0 Å². The van der Waals surface area contributed by atoms with Gasteiger partial charge in [-0.1, -0.05) is 0 Å². The lowest BCUT2D eigenvalue weighted by molar-refractivity contribution is -0.138. The first-order chi connectivity index (χ1) is 19.4. The zero-order valence-corrected chi connectivity index (χ0v) is 22.3. The molecule has 14 heteroatoms. The maximum Gasteiger partial charge on any atom is 0.305 e. The van der Waals surface area contributed by atoms with Crippen LogP contribution >= 0.6 is 0 Å². The van der Waals surface area contributed by atoms with E-state index in [2.05, 4.69) is 5.32 Å². The van der Waals surface area contributed by atoms with Gasteiger partial charge in [-0.2, -0.15) is 0 Å².